The number of hydrogen-bond acceptors (Lipinski definition) is 4. The molecule has 0 aliphatic carbocycles. The lowest BCUT2D eigenvalue weighted by Gasteiger charge is -2.22. The van der Waals surface area contributed by atoms with Gasteiger partial charge in [-0.1, -0.05) is 42.5 Å². The Labute approximate surface area is 182 Å². The number of para-hydroxylation sites is 2. The summed E-state index contributed by atoms with van der Waals surface area (Å²) in [6.45, 7) is 3.97. The average molecular weight is 412 g/mol. The molecule has 1 aliphatic heterocycles. The van der Waals surface area contributed by atoms with Gasteiger partial charge in [-0.2, -0.15) is 0 Å². The number of rotatable bonds is 5. The van der Waals surface area contributed by atoms with Crippen molar-refractivity contribution in [2.24, 2.45) is 0 Å². The predicted molar refractivity (Wildman–Crippen MR) is 123 cm³/mol. The van der Waals surface area contributed by atoms with Gasteiger partial charge in [0.25, 0.3) is 11.8 Å². The zero-order chi connectivity index (χ0) is 22.1. The van der Waals surface area contributed by atoms with E-state index < -0.39 is 0 Å². The summed E-state index contributed by atoms with van der Waals surface area (Å²) in [5.41, 5.74) is 4.72. The van der Waals surface area contributed by atoms with E-state index in [1.165, 1.54) is 4.90 Å². The van der Waals surface area contributed by atoms with Crippen LogP contribution in [0.2, 0.25) is 0 Å². The molecule has 3 aromatic rings. The molecule has 0 saturated heterocycles. The number of methoxy groups -OCH3 is 1. The van der Waals surface area contributed by atoms with Crippen molar-refractivity contribution in [1.82, 2.24) is 0 Å². The van der Waals surface area contributed by atoms with Crippen molar-refractivity contribution in [3.63, 3.8) is 0 Å². The average Bonchev–Trinajstić information content (AvgIpc) is 3.05. The summed E-state index contributed by atoms with van der Waals surface area (Å²) in [4.78, 5) is 30.4. The maximum atomic E-state index is 13.7. The van der Waals surface area contributed by atoms with E-state index in [4.69, 9.17) is 4.74 Å². The smallest absolute Gasteiger partial charge is 0.282 e. The molecule has 0 fully saturated rings. The quantitative estimate of drug-likeness (QED) is 0.569. The van der Waals surface area contributed by atoms with Gasteiger partial charge in [0.1, 0.15) is 11.4 Å². The topological polar surface area (TPSA) is 49.9 Å². The van der Waals surface area contributed by atoms with Crippen LogP contribution in [-0.2, 0) is 9.59 Å². The van der Waals surface area contributed by atoms with E-state index in [1.54, 1.807) is 25.1 Å². The minimum absolute atomic E-state index is 0.318. The number of amides is 2. The molecule has 3 aromatic carbocycles. The lowest BCUT2D eigenvalue weighted by atomic mass is 10.0. The third-order valence-corrected chi connectivity index (χ3v) is 5.66. The first-order valence-corrected chi connectivity index (χ1v) is 10.1. The summed E-state index contributed by atoms with van der Waals surface area (Å²) < 4.78 is 5.52. The summed E-state index contributed by atoms with van der Waals surface area (Å²) in [5.74, 6) is -0.185. The van der Waals surface area contributed by atoms with Gasteiger partial charge in [-0.05, 0) is 55.3 Å². The van der Waals surface area contributed by atoms with Crippen molar-refractivity contribution < 1.29 is 14.3 Å². The molecular weight excluding hydrogens is 388 g/mol. The number of ether oxygens (including phenoxy) is 1. The van der Waals surface area contributed by atoms with Crippen molar-refractivity contribution in [3.05, 3.63) is 95.2 Å². The summed E-state index contributed by atoms with van der Waals surface area (Å²) in [5, 5.41) is 0. The van der Waals surface area contributed by atoms with Gasteiger partial charge in [-0.15, -0.1) is 0 Å². The maximum absolute atomic E-state index is 13.7. The third-order valence-electron chi connectivity index (χ3n) is 5.66. The molecule has 156 valence electrons. The molecule has 0 saturated carbocycles. The standard InChI is InChI=1S/C26H24N2O3/c1-17-14-15-20(16-18(17)2)28-25(29)23(21-12-8-9-13-22(21)31-4)24(26(28)30)27(3)19-10-6-5-7-11-19/h5-16H,1-4H3. The molecule has 31 heavy (non-hydrogen) atoms. The molecule has 0 radical (unpaired) electrons. The van der Waals surface area contributed by atoms with Gasteiger partial charge in [0.2, 0.25) is 0 Å². The first-order chi connectivity index (χ1) is 14.9. The van der Waals surface area contributed by atoms with Crippen molar-refractivity contribution in [2.75, 3.05) is 24.0 Å². The van der Waals surface area contributed by atoms with Crippen LogP contribution in [-0.4, -0.2) is 26.0 Å². The molecule has 0 spiro atoms. The van der Waals surface area contributed by atoms with Crippen LogP contribution in [0.15, 0.2) is 78.5 Å². The Morgan fingerprint density at radius 3 is 2.16 bits per heavy atom. The van der Waals surface area contributed by atoms with Gasteiger partial charge in [-0.3, -0.25) is 9.59 Å². The highest BCUT2D eigenvalue weighted by atomic mass is 16.5. The van der Waals surface area contributed by atoms with E-state index in [0.717, 1.165) is 16.8 Å². The Hall–Kier alpha value is -3.86. The van der Waals surface area contributed by atoms with E-state index in [0.29, 0.717) is 28.3 Å². The molecule has 0 N–H and O–H groups in total. The zero-order valence-electron chi connectivity index (χ0n) is 18.0. The molecule has 0 bridgehead atoms. The van der Waals surface area contributed by atoms with Crippen molar-refractivity contribution >= 4 is 28.8 Å². The Balaban J connectivity index is 1.92. The fourth-order valence-electron chi connectivity index (χ4n) is 3.80. The lowest BCUT2D eigenvalue weighted by molar-refractivity contribution is -0.120. The summed E-state index contributed by atoms with van der Waals surface area (Å²) in [7, 11) is 3.36. The second kappa shape index (κ2) is 8.11. The summed E-state index contributed by atoms with van der Waals surface area (Å²) in [6, 6.07) is 22.4. The summed E-state index contributed by atoms with van der Waals surface area (Å²) >= 11 is 0. The zero-order valence-corrected chi connectivity index (χ0v) is 18.0. The number of imide groups is 1. The highest BCUT2D eigenvalue weighted by Gasteiger charge is 2.43. The Kier molecular flexibility index (Phi) is 5.34. The van der Waals surface area contributed by atoms with Gasteiger partial charge in [0, 0.05) is 18.3 Å². The SMILES string of the molecule is COc1ccccc1C1=C(N(C)c2ccccc2)C(=O)N(c2ccc(C)c(C)c2)C1=O. The molecule has 0 unspecified atom stereocenters. The van der Waals surface area contributed by atoms with Crippen LogP contribution < -0.4 is 14.5 Å². The normalized spacial score (nSPS) is 13.7. The van der Waals surface area contributed by atoms with Crippen LogP contribution in [0.25, 0.3) is 5.57 Å². The monoisotopic (exact) mass is 412 g/mol. The molecule has 1 heterocycles. The Bertz CT molecular complexity index is 1200. The van der Waals surface area contributed by atoms with Crippen molar-refractivity contribution in [3.8, 4) is 5.75 Å². The van der Waals surface area contributed by atoms with E-state index in [2.05, 4.69) is 0 Å². The fraction of sp³-hybridized carbons (Fsp3) is 0.154. The number of likely N-dealkylation sites (N-methyl/N-ethyl adjacent to an activating group) is 1. The van der Waals surface area contributed by atoms with Crippen molar-refractivity contribution in [2.45, 2.75) is 13.8 Å². The number of hydrogen-bond donors (Lipinski definition) is 0. The largest absolute Gasteiger partial charge is 0.496 e. The van der Waals surface area contributed by atoms with Gasteiger partial charge < -0.3 is 9.64 Å². The fourth-order valence-corrected chi connectivity index (χ4v) is 3.80. The second-order valence-corrected chi connectivity index (χ2v) is 7.53. The van der Waals surface area contributed by atoms with E-state index >= 15 is 0 Å². The first-order valence-electron chi connectivity index (χ1n) is 10.1. The predicted octanol–water partition coefficient (Wildman–Crippen LogP) is 4.73. The number of aryl methyl sites for hydroxylation is 2. The Morgan fingerprint density at radius 1 is 0.806 bits per heavy atom. The number of nitrogens with zero attached hydrogens (tertiary/aromatic N) is 2. The highest BCUT2D eigenvalue weighted by Crippen LogP contribution is 2.39. The minimum atomic E-state index is -0.365. The van der Waals surface area contributed by atoms with Crippen LogP contribution in [0.1, 0.15) is 16.7 Å². The highest BCUT2D eigenvalue weighted by molar-refractivity contribution is 6.46. The number of benzene rings is 3. The van der Waals surface area contributed by atoms with E-state index in [1.807, 2.05) is 80.6 Å². The molecule has 1 aliphatic rings. The van der Waals surface area contributed by atoms with Gasteiger partial charge >= 0.3 is 0 Å². The molecule has 0 atom stereocenters. The second-order valence-electron chi connectivity index (χ2n) is 7.53. The number of anilines is 2. The number of carbonyl (C=O) groups excluding carboxylic acids is 2. The summed E-state index contributed by atoms with van der Waals surface area (Å²) in [6.07, 6.45) is 0. The van der Waals surface area contributed by atoms with E-state index in [9.17, 15) is 9.59 Å². The van der Waals surface area contributed by atoms with E-state index in [-0.39, 0.29) is 11.8 Å². The van der Waals surface area contributed by atoms with Crippen LogP contribution >= 0.6 is 0 Å². The molecule has 2 amide bonds. The number of carbonyl (C=O) groups is 2. The molecule has 5 nitrogen and oxygen atoms in total. The van der Waals surface area contributed by atoms with Crippen LogP contribution in [0.3, 0.4) is 0 Å². The van der Waals surface area contributed by atoms with Crippen LogP contribution in [0.5, 0.6) is 5.75 Å². The molecule has 4 rings (SSSR count). The third kappa shape index (κ3) is 3.48. The van der Waals surface area contributed by atoms with Gasteiger partial charge in [0.15, 0.2) is 0 Å². The Morgan fingerprint density at radius 2 is 1.48 bits per heavy atom. The molecular formula is C26H24N2O3. The maximum Gasteiger partial charge on any atom is 0.282 e. The molecule has 0 aromatic heterocycles. The minimum Gasteiger partial charge on any atom is -0.496 e. The lowest BCUT2D eigenvalue weighted by Crippen LogP contribution is -2.34. The van der Waals surface area contributed by atoms with Gasteiger partial charge in [-0.25, -0.2) is 4.90 Å². The first kappa shape index (κ1) is 20.4. The molecule has 5 heteroatoms. The van der Waals surface area contributed by atoms with Crippen LogP contribution in [0.4, 0.5) is 11.4 Å². The van der Waals surface area contributed by atoms with Crippen LogP contribution in [0, 0.1) is 13.8 Å². The van der Waals surface area contributed by atoms with Gasteiger partial charge in [0.05, 0.1) is 18.4 Å². The van der Waals surface area contributed by atoms with Crippen molar-refractivity contribution in [1.29, 1.82) is 0 Å².